The molecular weight excluding hydrogens is 100 g/mol. The molecule has 0 aromatic rings. The van der Waals surface area contributed by atoms with Crippen LogP contribution in [0, 0.1) is 0 Å². The largest absolute Gasteiger partial charge is 0.404 e. The standard InChI is InChI=1S/C6H12N2/c1-3-8-5-6(2)4-7/h4-5H,3,7H2,1-2H3/b6-4-,8-5?. The third-order valence-electron chi connectivity index (χ3n) is 0.740. The van der Waals surface area contributed by atoms with Gasteiger partial charge in [-0.05, 0) is 25.6 Å². The molecule has 0 amide bonds. The van der Waals surface area contributed by atoms with E-state index < -0.39 is 0 Å². The van der Waals surface area contributed by atoms with Crippen molar-refractivity contribution < 1.29 is 0 Å². The molecule has 0 spiro atoms. The molecule has 2 nitrogen and oxygen atoms in total. The molecule has 2 N–H and O–H groups in total. The van der Waals surface area contributed by atoms with E-state index in [4.69, 9.17) is 5.73 Å². The van der Waals surface area contributed by atoms with Gasteiger partial charge < -0.3 is 5.73 Å². The number of hydrogen-bond donors (Lipinski definition) is 1. The summed E-state index contributed by atoms with van der Waals surface area (Å²) >= 11 is 0. The Morgan fingerprint density at radius 1 is 1.75 bits per heavy atom. The minimum Gasteiger partial charge on any atom is -0.404 e. The number of nitrogens with zero attached hydrogens (tertiary/aromatic N) is 1. The van der Waals surface area contributed by atoms with Crippen molar-refractivity contribution >= 4 is 6.21 Å². The highest BCUT2D eigenvalue weighted by Gasteiger charge is 1.74. The van der Waals surface area contributed by atoms with Crippen molar-refractivity contribution in [2.24, 2.45) is 10.7 Å². The predicted octanol–water partition coefficient (Wildman–Crippen LogP) is 0.940. The van der Waals surface area contributed by atoms with Crippen LogP contribution in [-0.2, 0) is 0 Å². The summed E-state index contributed by atoms with van der Waals surface area (Å²) in [5, 5.41) is 0. The van der Waals surface area contributed by atoms with E-state index in [1.165, 1.54) is 0 Å². The molecule has 0 atom stereocenters. The van der Waals surface area contributed by atoms with E-state index in [1.54, 1.807) is 12.4 Å². The summed E-state index contributed by atoms with van der Waals surface area (Å²) in [6.45, 7) is 4.73. The highest BCUT2D eigenvalue weighted by molar-refractivity contribution is 5.77. The second-order valence-corrected chi connectivity index (χ2v) is 1.54. The molecule has 0 radical (unpaired) electrons. The van der Waals surface area contributed by atoms with E-state index in [0.29, 0.717) is 0 Å². The van der Waals surface area contributed by atoms with Crippen LogP contribution in [0.5, 0.6) is 0 Å². The van der Waals surface area contributed by atoms with Crippen molar-refractivity contribution in [3.8, 4) is 0 Å². The molecule has 0 saturated carbocycles. The van der Waals surface area contributed by atoms with E-state index in [2.05, 4.69) is 4.99 Å². The molecule has 0 bridgehead atoms. The fourth-order valence-corrected chi connectivity index (χ4v) is 0.278. The van der Waals surface area contributed by atoms with E-state index in [9.17, 15) is 0 Å². The zero-order valence-corrected chi connectivity index (χ0v) is 5.39. The maximum absolute atomic E-state index is 5.16. The Morgan fingerprint density at radius 2 is 2.38 bits per heavy atom. The molecule has 0 saturated heterocycles. The molecule has 0 aromatic carbocycles. The Balaban J connectivity index is 3.53. The number of nitrogens with two attached hydrogens (primary N) is 1. The summed E-state index contributed by atoms with van der Waals surface area (Å²) in [4.78, 5) is 3.97. The van der Waals surface area contributed by atoms with Gasteiger partial charge in [-0.2, -0.15) is 0 Å². The molecule has 0 fully saturated rings. The molecule has 0 unspecified atom stereocenters. The third-order valence-corrected chi connectivity index (χ3v) is 0.740. The Morgan fingerprint density at radius 3 is 2.75 bits per heavy atom. The molecule has 0 aliphatic heterocycles. The van der Waals surface area contributed by atoms with Gasteiger partial charge in [-0.1, -0.05) is 0 Å². The summed E-state index contributed by atoms with van der Waals surface area (Å²) in [7, 11) is 0. The van der Waals surface area contributed by atoms with E-state index in [0.717, 1.165) is 12.1 Å². The second kappa shape index (κ2) is 4.37. The van der Waals surface area contributed by atoms with Crippen LogP contribution in [0.3, 0.4) is 0 Å². The van der Waals surface area contributed by atoms with Crippen molar-refractivity contribution in [2.75, 3.05) is 6.54 Å². The second-order valence-electron chi connectivity index (χ2n) is 1.54. The van der Waals surface area contributed by atoms with Crippen LogP contribution in [0.25, 0.3) is 0 Å². The maximum atomic E-state index is 5.16. The van der Waals surface area contributed by atoms with Gasteiger partial charge in [0.1, 0.15) is 0 Å². The average Bonchev–Trinajstić information content (AvgIpc) is 1.83. The Kier molecular flexibility index (Phi) is 3.94. The summed E-state index contributed by atoms with van der Waals surface area (Å²) in [6.07, 6.45) is 3.30. The first-order chi connectivity index (χ1) is 3.81. The van der Waals surface area contributed by atoms with Crippen LogP contribution in [0.4, 0.5) is 0 Å². The van der Waals surface area contributed by atoms with Gasteiger partial charge in [0, 0.05) is 12.8 Å². The normalized spacial score (nSPS) is 13.0. The number of aliphatic imine (C=N–C) groups is 1. The Labute approximate surface area is 50.1 Å². The first-order valence-corrected chi connectivity index (χ1v) is 2.69. The van der Waals surface area contributed by atoms with Gasteiger partial charge in [-0.25, -0.2) is 0 Å². The summed E-state index contributed by atoms with van der Waals surface area (Å²) < 4.78 is 0. The summed E-state index contributed by atoms with van der Waals surface area (Å²) in [6, 6.07) is 0. The van der Waals surface area contributed by atoms with Gasteiger partial charge >= 0.3 is 0 Å². The Hall–Kier alpha value is -0.790. The van der Waals surface area contributed by atoms with Gasteiger partial charge in [-0.3, -0.25) is 4.99 Å². The van der Waals surface area contributed by atoms with E-state index in [1.807, 2.05) is 13.8 Å². The van der Waals surface area contributed by atoms with Gasteiger partial charge in [0.25, 0.3) is 0 Å². The third kappa shape index (κ3) is 3.40. The van der Waals surface area contributed by atoms with Gasteiger partial charge in [0.2, 0.25) is 0 Å². The van der Waals surface area contributed by atoms with Crippen molar-refractivity contribution in [1.82, 2.24) is 0 Å². The molecule has 0 aliphatic carbocycles. The van der Waals surface area contributed by atoms with Gasteiger partial charge in [0.05, 0.1) is 0 Å². The minimum absolute atomic E-state index is 0.825. The fourth-order valence-electron chi connectivity index (χ4n) is 0.278. The van der Waals surface area contributed by atoms with Crippen LogP contribution in [-0.4, -0.2) is 12.8 Å². The first-order valence-electron chi connectivity index (χ1n) is 2.69. The lowest BCUT2D eigenvalue weighted by atomic mass is 10.4. The minimum atomic E-state index is 0.825. The first kappa shape index (κ1) is 7.21. The SMILES string of the molecule is CCN=C/C(C)=C\N. The van der Waals surface area contributed by atoms with Crippen LogP contribution >= 0.6 is 0 Å². The van der Waals surface area contributed by atoms with Crippen molar-refractivity contribution in [2.45, 2.75) is 13.8 Å². The van der Waals surface area contributed by atoms with E-state index in [-0.39, 0.29) is 0 Å². The lowest BCUT2D eigenvalue weighted by Crippen LogP contribution is -1.85. The van der Waals surface area contributed by atoms with E-state index >= 15 is 0 Å². The van der Waals surface area contributed by atoms with Crippen molar-refractivity contribution in [3.63, 3.8) is 0 Å². The highest BCUT2D eigenvalue weighted by Crippen LogP contribution is 1.80. The van der Waals surface area contributed by atoms with Crippen molar-refractivity contribution in [1.29, 1.82) is 0 Å². The fraction of sp³-hybridized carbons (Fsp3) is 0.500. The zero-order chi connectivity index (χ0) is 6.41. The Bertz CT molecular complexity index is 103. The van der Waals surface area contributed by atoms with Crippen LogP contribution in [0.2, 0.25) is 0 Å². The molecular formula is C6H12N2. The lowest BCUT2D eigenvalue weighted by molar-refractivity contribution is 1.14. The smallest absolute Gasteiger partial charge is 0.0361 e. The topological polar surface area (TPSA) is 38.4 Å². The highest BCUT2D eigenvalue weighted by atomic mass is 14.7. The van der Waals surface area contributed by atoms with Crippen LogP contribution < -0.4 is 5.73 Å². The van der Waals surface area contributed by atoms with Gasteiger partial charge in [-0.15, -0.1) is 0 Å². The average molecular weight is 112 g/mol. The summed E-state index contributed by atoms with van der Waals surface area (Å²) in [5.74, 6) is 0. The van der Waals surface area contributed by atoms with Crippen LogP contribution in [0.1, 0.15) is 13.8 Å². The quantitative estimate of drug-likeness (QED) is 0.530. The molecule has 0 aliphatic rings. The van der Waals surface area contributed by atoms with Crippen LogP contribution in [0.15, 0.2) is 16.8 Å². The lowest BCUT2D eigenvalue weighted by Gasteiger charge is -1.83. The monoisotopic (exact) mass is 112 g/mol. The zero-order valence-electron chi connectivity index (χ0n) is 5.39. The summed E-state index contributed by atoms with van der Waals surface area (Å²) in [5.41, 5.74) is 6.17. The molecule has 2 heteroatoms. The maximum Gasteiger partial charge on any atom is 0.0361 e. The van der Waals surface area contributed by atoms with Gasteiger partial charge in [0.15, 0.2) is 0 Å². The van der Waals surface area contributed by atoms with Crippen molar-refractivity contribution in [3.05, 3.63) is 11.8 Å². The molecule has 0 rings (SSSR count). The predicted molar refractivity (Wildman–Crippen MR) is 37.0 cm³/mol. The number of allylic oxidation sites excluding steroid dienone is 1. The number of rotatable bonds is 2. The molecule has 0 heterocycles. The molecule has 0 aromatic heterocycles. The number of hydrogen-bond acceptors (Lipinski definition) is 2. The molecule has 46 valence electrons. The molecule has 8 heavy (non-hydrogen) atoms.